The Morgan fingerprint density at radius 2 is 2.03 bits per heavy atom. The summed E-state index contributed by atoms with van der Waals surface area (Å²) in [5.74, 6) is -0.827. The Morgan fingerprint density at radius 1 is 1.32 bits per heavy atom. The van der Waals surface area contributed by atoms with E-state index in [4.69, 9.17) is 10.5 Å². The second kappa shape index (κ2) is 9.33. The average Bonchev–Trinajstić information content (AvgIpc) is 3.29. The van der Waals surface area contributed by atoms with Gasteiger partial charge in [0.05, 0.1) is 23.5 Å². The van der Waals surface area contributed by atoms with Crippen LogP contribution in [0.15, 0.2) is 53.1 Å². The van der Waals surface area contributed by atoms with Crippen molar-refractivity contribution in [3.8, 4) is 0 Å². The number of allylic oxidation sites excluding steroid dienone is 3. The molecule has 0 spiro atoms. The summed E-state index contributed by atoms with van der Waals surface area (Å²) in [5, 5.41) is 3.20. The van der Waals surface area contributed by atoms with E-state index in [-0.39, 0.29) is 29.6 Å². The van der Waals surface area contributed by atoms with Gasteiger partial charge in [0.25, 0.3) is 0 Å². The number of aryl methyl sites for hydroxylation is 1. The molecule has 1 fully saturated rings. The van der Waals surface area contributed by atoms with E-state index in [1.165, 1.54) is 19.2 Å². The van der Waals surface area contributed by atoms with Crippen LogP contribution >= 0.6 is 0 Å². The van der Waals surface area contributed by atoms with Crippen molar-refractivity contribution in [1.29, 1.82) is 0 Å². The Hall–Kier alpha value is -2.49. The maximum atomic E-state index is 13.4. The zero-order chi connectivity index (χ0) is 22.6. The van der Waals surface area contributed by atoms with Crippen molar-refractivity contribution in [2.24, 2.45) is 11.1 Å². The molecule has 0 radical (unpaired) electrons. The molecule has 8 nitrogen and oxygen atoms in total. The smallest absolute Gasteiger partial charge is 0.323 e. The first-order valence-corrected chi connectivity index (χ1v) is 11.7. The van der Waals surface area contributed by atoms with Gasteiger partial charge in [-0.25, -0.2) is 8.42 Å². The minimum Gasteiger partial charge on any atom is -0.468 e. The molecule has 31 heavy (non-hydrogen) atoms. The van der Waals surface area contributed by atoms with Gasteiger partial charge in [-0.05, 0) is 57.4 Å². The number of rotatable bonds is 8. The number of carbonyl (C=O) groups is 2. The number of hydrogen-bond acceptors (Lipinski definition) is 7. The molecule has 0 aromatic heterocycles. The van der Waals surface area contributed by atoms with Gasteiger partial charge in [-0.2, -0.15) is 4.72 Å². The molecule has 1 unspecified atom stereocenters. The van der Waals surface area contributed by atoms with Crippen molar-refractivity contribution < 1.29 is 22.7 Å². The number of benzene rings is 1. The molecule has 1 aliphatic carbocycles. The molecule has 4 N–H and O–H groups in total. The summed E-state index contributed by atoms with van der Waals surface area (Å²) in [6.07, 6.45) is 6.87. The molecule has 1 heterocycles. The van der Waals surface area contributed by atoms with Crippen LogP contribution in [0.2, 0.25) is 0 Å². The zero-order valence-corrected chi connectivity index (χ0v) is 18.6. The molecular weight excluding hydrogens is 418 g/mol. The standard InChI is InChI=1S/C22H29N3O5S/c1-15-5-7-17(8-6-15)31(28,29)25-19(21(27)30-2)14-22(11-9-16(23)10-12-22)20(26)18-4-3-13-24-18/h5-11,18-19,24-25H,3-4,12-14,23H2,1-2H3/t18-,19-,22?/m0/s1. The summed E-state index contributed by atoms with van der Waals surface area (Å²) in [5.41, 5.74) is 6.23. The van der Waals surface area contributed by atoms with Crippen LogP contribution in [0.3, 0.4) is 0 Å². The lowest BCUT2D eigenvalue weighted by Crippen LogP contribution is -2.50. The second-order valence-electron chi connectivity index (χ2n) is 8.13. The zero-order valence-electron chi connectivity index (χ0n) is 17.8. The molecule has 1 aromatic carbocycles. The number of nitrogens with one attached hydrogen (secondary N) is 2. The maximum absolute atomic E-state index is 13.4. The van der Waals surface area contributed by atoms with E-state index >= 15 is 0 Å². The van der Waals surface area contributed by atoms with Gasteiger partial charge in [0, 0.05) is 5.70 Å². The first kappa shape index (κ1) is 23.2. The van der Waals surface area contributed by atoms with Crippen molar-refractivity contribution in [3.05, 3.63) is 53.8 Å². The number of carbonyl (C=O) groups excluding carboxylic acids is 2. The molecule has 0 saturated carbocycles. The highest BCUT2D eigenvalue weighted by Crippen LogP contribution is 2.38. The fourth-order valence-electron chi connectivity index (χ4n) is 4.03. The maximum Gasteiger partial charge on any atom is 0.323 e. The summed E-state index contributed by atoms with van der Waals surface area (Å²) < 4.78 is 33.2. The number of hydrogen-bond donors (Lipinski definition) is 3. The van der Waals surface area contributed by atoms with Crippen molar-refractivity contribution in [2.75, 3.05) is 13.7 Å². The van der Waals surface area contributed by atoms with Crippen LogP contribution in [-0.4, -0.2) is 45.9 Å². The second-order valence-corrected chi connectivity index (χ2v) is 9.84. The van der Waals surface area contributed by atoms with E-state index in [2.05, 4.69) is 10.0 Å². The van der Waals surface area contributed by atoms with Crippen LogP contribution in [0.4, 0.5) is 0 Å². The van der Waals surface area contributed by atoms with Gasteiger partial charge in [-0.3, -0.25) is 9.59 Å². The molecule has 3 atom stereocenters. The van der Waals surface area contributed by atoms with Crippen LogP contribution in [0, 0.1) is 12.3 Å². The first-order chi connectivity index (χ1) is 14.7. The number of methoxy groups -OCH3 is 1. The number of nitrogens with two attached hydrogens (primary N) is 1. The molecule has 0 bridgehead atoms. The van der Waals surface area contributed by atoms with E-state index in [0.717, 1.165) is 18.5 Å². The molecule has 9 heteroatoms. The lowest BCUT2D eigenvalue weighted by atomic mass is 9.70. The Balaban J connectivity index is 1.91. The predicted molar refractivity (Wildman–Crippen MR) is 116 cm³/mol. The molecule has 1 aliphatic heterocycles. The monoisotopic (exact) mass is 447 g/mol. The first-order valence-electron chi connectivity index (χ1n) is 10.3. The summed E-state index contributed by atoms with van der Waals surface area (Å²) >= 11 is 0. The fourth-order valence-corrected chi connectivity index (χ4v) is 5.22. The highest BCUT2D eigenvalue weighted by Gasteiger charge is 2.45. The van der Waals surface area contributed by atoms with Crippen molar-refractivity contribution in [3.63, 3.8) is 0 Å². The highest BCUT2D eigenvalue weighted by molar-refractivity contribution is 7.89. The third-order valence-corrected chi connectivity index (χ3v) is 7.33. The van der Waals surface area contributed by atoms with E-state index in [9.17, 15) is 18.0 Å². The van der Waals surface area contributed by atoms with Gasteiger partial charge in [0.1, 0.15) is 6.04 Å². The number of sulfonamides is 1. The number of ether oxygens (including phenoxy) is 1. The summed E-state index contributed by atoms with van der Waals surface area (Å²) in [6, 6.07) is 4.72. The molecule has 168 valence electrons. The molecule has 0 amide bonds. The van der Waals surface area contributed by atoms with E-state index in [1.807, 2.05) is 6.92 Å². The van der Waals surface area contributed by atoms with Crippen molar-refractivity contribution in [1.82, 2.24) is 10.0 Å². The van der Waals surface area contributed by atoms with Gasteiger partial charge in [0.2, 0.25) is 10.0 Å². The Kier molecular flexibility index (Phi) is 6.98. The number of Topliss-reactive ketones (excluding diaryl/α,β-unsaturated/α-hetero) is 1. The van der Waals surface area contributed by atoms with Crippen molar-refractivity contribution >= 4 is 21.8 Å². The topological polar surface area (TPSA) is 128 Å². The predicted octanol–water partition coefficient (Wildman–Crippen LogP) is 1.32. The number of esters is 1. The van der Waals surface area contributed by atoms with Crippen molar-refractivity contribution in [2.45, 2.75) is 49.6 Å². The van der Waals surface area contributed by atoms with Gasteiger partial charge in [0.15, 0.2) is 5.78 Å². The van der Waals surface area contributed by atoms with Gasteiger partial charge in [-0.15, -0.1) is 0 Å². The largest absolute Gasteiger partial charge is 0.468 e. The number of ketones is 1. The SMILES string of the molecule is COC(=O)[C@H](CC1(C(=O)[C@@H]2CCCN2)C=CC(N)=CC1)NS(=O)(=O)c1ccc(C)cc1. The van der Waals surface area contributed by atoms with E-state index in [0.29, 0.717) is 12.1 Å². The lowest BCUT2D eigenvalue weighted by Gasteiger charge is -2.35. The molecule has 2 aliphatic rings. The Morgan fingerprint density at radius 3 is 2.58 bits per heavy atom. The van der Waals surface area contributed by atoms with Crippen LogP contribution < -0.4 is 15.8 Å². The summed E-state index contributed by atoms with van der Waals surface area (Å²) in [6.45, 7) is 2.59. The Labute approximate surface area is 183 Å². The van der Waals surface area contributed by atoms with E-state index in [1.54, 1.807) is 30.4 Å². The minimum absolute atomic E-state index is 0.0353. The third kappa shape index (κ3) is 5.23. The van der Waals surface area contributed by atoms with Crippen LogP contribution in [0.5, 0.6) is 0 Å². The molecule has 3 rings (SSSR count). The molecule has 1 saturated heterocycles. The Bertz CT molecular complexity index is 994. The normalized spacial score (nSPS) is 24.5. The van der Waals surface area contributed by atoms with Crippen LogP contribution in [-0.2, 0) is 24.3 Å². The van der Waals surface area contributed by atoms with E-state index < -0.39 is 27.4 Å². The average molecular weight is 448 g/mol. The molecular formula is C22H29N3O5S. The van der Waals surface area contributed by atoms with Gasteiger partial charge in [-0.1, -0.05) is 29.8 Å². The van der Waals surface area contributed by atoms with Gasteiger partial charge >= 0.3 is 5.97 Å². The van der Waals surface area contributed by atoms with Gasteiger partial charge < -0.3 is 15.8 Å². The molecule has 1 aromatic rings. The fraction of sp³-hybridized carbons (Fsp3) is 0.455. The quantitative estimate of drug-likeness (QED) is 0.513. The lowest BCUT2D eigenvalue weighted by molar-refractivity contribution is -0.144. The minimum atomic E-state index is -4.01. The summed E-state index contributed by atoms with van der Waals surface area (Å²) in [7, 11) is -2.81. The third-order valence-electron chi connectivity index (χ3n) is 5.85. The van der Waals surface area contributed by atoms with Crippen LogP contribution in [0.1, 0.15) is 31.2 Å². The van der Waals surface area contributed by atoms with Crippen LogP contribution in [0.25, 0.3) is 0 Å². The highest BCUT2D eigenvalue weighted by atomic mass is 32.2. The summed E-state index contributed by atoms with van der Waals surface area (Å²) in [4.78, 5) is 26.0.